The maximum absolute atomic E-state index is 12.9. The normalized spacial score (nSPS) is 13.0. The summed E-state index contributed by atoms with van der Waals surface area (Å²) >= 11 is 0. The molecule has 0 aromatic carbocycles. The molecule has 280 valence electrons. The molecule has 0 heterocycles. The van der Waals surface area contributed by atoms with E-state index in [0.29, 0.717) is 25.9 Å². The molecule has 0 aromatic heterocycles. The Morgan fingerprint density at radius 3 is 1.00 bits per heavy atom. The number of ether oxygens (including phenoxy) is 5. The number of carbonyl (C=O) groups excluding carboxylic acids is 5. The molecule has 0 fully saturated rings. The smallest absolute Gasteiger partial charge is 0.320 e. The van der Waals surface area contributed by atoms with Gasteiger partial charge in [-0.15, -0.1) is 0 Å². The zero-order valence-electron chi connectivity index (χ0n) is 32.6. The highest BCUT2D eigenvalue weighted by Gasteiger charge is 2.27. The standard InChI is InChI=1S/C36H66N2O10/c1-32(2,3)44-27(39)21-26(22-28(40)45-33(4,5)6)17-16-18-37(23-29(41)46-34(7,8)9)19-20-38(24-30(42)47-35(10,11)12)25-31(43)48-36(13,14)15/h26H,16-25H2,1-15H3. The van der Waals surface area contributed by atoms with Gasteiger partial charge < -0.3 is 23.7 Å². The molecule has 0 bridgehead atoms. The third-order valence-electron chi connectivity index (χ3n) is 5.89. The van der Waals surface area contributed by atoms with Crippen molar-refractivity contribution in [2.75, 3.05) is 39.3 Å². The first kappa shape index (κ1) is 45.3. The summed E-state index contributed by atoms with van der Waals surface area (Å²) in [5.74, 6) is -2.54. The van der Waals surface area contributed by atoms with E-state index >= 15 is 0 Å². The molecule has 48 heavy (non-hydrogen) atoms. The highest BCUT2D eigenvalue weighted by Crippen LogP contribution is 2.22. The zero-order chi connectivity index (χ0) is 37.7. The SMILES string of the molecule is CC(C)(C)OC(=O)CC(CCCN(CCN(CC(=O)OC(C)(C)C)CC(=O)OC(C)(C)C)CC(=O)OC(C)(C)C)CC(=O)OC(C)(C)C. The average Bonchev–Trinajstić information content (AvgIpc) is 2.75. The van der Waals surface area contributed by atoms with E-state index in [4.69, 9.17) is 23.7 Å². The zero-order valence-corrected chi connectivity index (χ0v) is 32.6. The molecular formula is C36H66N2O10. The molecule has 0 atom stereocenters. The molecule has 12 nitrogen and oxygen atoms in total. The summed E-state index contributed by atoms with van der Waals surface area (Å²) in [4.78, 5) is 67.3. The number of rotatable bonds is 17. The van der Waals surface area contributed by atoms with Gasteiger partial charge in [0.1, 0.15) is 28.0 Å². The van der Waals surface area contributed by atoms with E-state index in [1.807, 2.05) is 4.90 Å². The van der Waals surface area contributed by atoms with Crippen LogP contribution in [-0.2, 0) is 47.7 Å². The predicted molar refractivity (Wildman–Crippen MR) is 184 cm³/mol. The van der Waals surface area contributed by atoms with E-state index in [2.05, 4.69) is 0 Å². The maximum Gasteiger partial charge on any atom is 0.320 e. The maximum atomic E-state index is 12.9. The lowest BCUT2D eigenvalue weighted by Crippen LogP contribution is -2.45. The highest BCUT2D eigenvalue weighted by molar-refractivity contribution is 5.76. The van der Waals surface area contributed by atoms with Gasteiger partial charge in [0, 0.05) is 25.9 Å². The van der Waals surface area contributed by atoms with Gasteiger partial charge in [-0.05, 0) is 129 Å². The van der Waals surface area contributed by atoms with Crippen LogP contribution in [0.3, 0.4) is 0 Å². The van der Waals surface area contributed by atoms with Crippen molar-refractivity contribution < 1.29 is 47.7 Å². The van der Waals surface area contributed by atoms with E-state index < -0.39 is 57.9 Å². The fourth-order valence-corrected chi connectivity index (χ4v) is 4.55. The Morgan fingerprint density at radius 2 is 0.688 bits per heavy atom. The Hall–Kier alpha value is -2.73. The molecule has 0 aliphatic rings. The van der Waals surface area contributed by atoms with Gasteiger partial charge in [-0.25, -0.2) is 0 Å². The minimum atomic E-state index is -0.702. The van der Waals surface area contributed by atoms with Crippen molar-refractivity contribution >= 4 is 29.8 Å². The Morgan fingerprint density at radius 1 is 0.417 bits per heavy atom. The van der Waals surface area contributed by atoms with Gasteiger partial charge in [0.25, 0.3) is 0 Å². The van der Waals surface area contributed by atoms with Gasteiger partial charge >= 0.3 is 29.8 Å². The molecule has 0 radical (unpaired) electrons. The van der Waals surface area contributed by atoms with Crippen molar-refractivity contribution in [3.05, 3.63) is 0 Å². The first-order valence-electron chi connectivity index (χ1n) is 17.0. The van der Waals surface area contributed by atoms with Crippen LogP contribution in [0, 0.1) is 5.92 Å². The molecule has 0 saturated carbocycles. The topological polar surface area (TPSA) is 138 Å². The minimum Gasteiger partial charge on any atom is -0.460 e. The van der Waals surface area contributed by atoms with Gasteiger partial charge in [-0.3, -0.25) is 33.8 Å². The molecule has 0 rings (SSSR count). The third kappa shape index (κ3) is 27.2. The highest BCUT2D eigenvalue weighted by atomic mass is 16.6. The van der Waals surface area contributed by atoms with Crippen molar-refractivity contribution in [3.63, 3.8) is 0 Å². The Labute approximate surface area is 289 Å². The largest absolute Gasteiger partial charge is 0.460 e. The molecule has 0 unspecified atom stereocenters. The van der Waals surface area contributed by atoms with E-state index in [-0.39, 0.29) is 44.9 Å². The summed E-state index contributed by atoms with van der Waals surface area (Å²) in [6, 6.07) is 0. The van der Waals surface area contributed by atoms with Gasteiger partial charge in [-0.1, -0.05) is 0 Å². The van der Waals surface area contributed by atoms with Gasteiger partial charge in [0.2, 0.25) is 0 Å². The first-order valence-corrected chi connectivity index (χ1v) is 17.0. The van der Waals surface area contributed by atoms with Crippen LogP contribution in [0.1, 0.15) is 130 Å². The number of esters is 5. The quantitative estimate of drug-likeness (QED) is 0.142. The summed E-state index contributed by atoms with van der Waals surface area (Å²) < 4.78 is 27.6. The number of nitrogens with zero attached hydrogens (tertiary/aromatic N) is 2. The van der Waals surface area contributed by atoms with Crippen LogP contribution < -0.4 is 0 Å². The number of hydrogen-bond acceptors (Lipinski definition) is 12. The molecule has 0 aromatic rings. The van der Waals surface area contributed by atoms with E-state index in [1.54, 1.807) is 109 Å². The van der Waals surface area contributed by atoms with Crippen molar-refractivity contribution in [2.24, 2.45) is 5.92 Å². The lowest BCUT2D eigenvalue weighted by molar-refractivity contribution is -0.162. The van der Waals surface area contributed by atoms with Gasteiger partial charge in [-0.2, -0.15) is 0 Å². The Balaban J connectivity index is 5.92. The summed E-state index contributed by atoms with van der Waals surface area (Å²) in [5.41, 5.74) is -3.42. The van der Waals surface area contributed by atoms with E-state index in [1.165, 1.54) is 0 Å². The summed E-state index contributed by atoms with van der Waals surface area (Å²) in [6.45, 7) is 27.4. The van der Waals surface area contributed by atoms with Crippen molar-refractivity contribution in [3.8, 4) is 0 Å². The molecule has 0 spiro atoms. The average molecular weight is 687 g/mol. The van der Waals surface area contributed by atoms with Crippen molar-refractivity contribution in [1.29, 1.82) is 0 Å². The second-order valence-electron chi connectivity index (χ2n) is 17.3. The molecule has 12 heteroatoms. The van der Waals surface area contributed by atoms with Crippen LogP contribution in [0.4, 0.5) is 0 Å². The van der Waals surface area contributed by atoms with Crippen LogP contribution in [0.25, 0.3) is 0 Å². The monoisotopic (exact) mass is 686 g/mol. The summed E-state index contributed by atoms with van der Waals surface area (Å²) in [6.07, 6.45) is 1.12. The van der Waals surface area contributed by atoms with E-state index in [9.17, 15) is 24.0 Å². The summed E-state index contributed by atoms with van der Waals surface area (Å²) in [5, 5.41) is 0. The molecule has 0 aliphatic carbocycles. The second-order valence-corrected chi connectivity index (χ2v) is 17.3. The Bertz CT molecular complexity index is 993. The van der Waals surface area contributed by atoms with Crippen LogP contribution in [0.15, 0.2) is 0 Å². The van der Waals surface area contributed by atoms with E-state index in [0.717, 1.165) is 0 Å². The fraction of sp³-hybridized carbons (Fsp3) is 0.861. The van der Waals surface area contributed by atoms with Crippen LogP contribution in [0.5, 0.6) is 0 Å². The number of carbonyl (C=O) groups is 5. The summed E-state index contributed by atoms with van der Waals surface area (Å²) in [7, 11) is 0. The van der Waals surface area contributed by atoms with Crippen LogP contribution >= 0.6 is 0 Å². The number of hydrogen-bond donors (Lipinski definition) is 0. The van der Waals surface area contributed by atoms with Crippen molar-refractivity contribution in [2.45, 2.75) is 158 Å². The molecule has 0 N–H and O–H groups in total. The third-order valence-corrected chi connectivity index (χ3v) is 5.89. The second kappa shape index (κ2) is 18.9. The Kier molecular flexibility index (Phi) is 17.8. The molecule has 0 amide bonds. The molecule has 0 saturated heterocycles. The van der Waals surface area contributed by atoms with Crippen molar-refractivity contribution in [1.82, 2.24) is 9.80 Å². The van der Waals surface area contributed by atoms with Crippen LogP contribution in [-0.4, -0.2) is 107 Å². The predicted octanol–water partition coefficient (Wildman–Crippen LogP) is 5.48. The van der Waals surface area contributed by atoms with Gasteiger partial charge in [0.15, 0.2) is 0 Å². The molecular weight excluding hydrogens is 620 g/mol. The van der Waals surface area contributed by atoms with Gasteiger partial charge in [0.05, 0.1) is 19.6 Å². The first-order chi connectivity index (χ1) is 21.4. The lowest BCUT2D eigenvalue weighted by atomic mass is 9.95. The molecule has 0 aliphatic heterocycles. The van der Waals surface area contributed by atoms with Crippen LogP contribution in [0.2, 0.25) is 0 Å². The lowest BCUT2D eigenvalue weighted by Gasteiger charge is -2.29. The fourth-order valence-electron chi connectivity index (χ4n) is 4.55. The minimum absolute atomic E-state index is 0.0349.